The minimum absolute atomic E-state index is 0.0206. The lowest BCUT2D eigenvalue weighted by molar-refractivity contribution is -0.255. The molecule has 0 unspecified atom stereocenters. The third-order valence-electron chi connectivity index (χ3n) is 3.75. The van der Waals surface area contributed by atoms with E-state index in [0.717, 1.165) is 17.3 Å². The number of carbonyl (C=O) groups excluding carboxylic acids is 2. The number of nitrogens with zero attached hydrogens (tertiary/aromatic N) is 1. The van der Waals surface area contributed by atoms with Gasteiger partial charge in [-0.15, -0.1) is 0 Å². The molecule has 3 rings (SSSR count). The van der Waals surface area contributed by atoms with E-state index in [1.807, 2.05) is 0 Å². The molecule has 1 fully saturated rings. The zero-order valence-corrected chi connectivity index (χ0v) is 14.6. The molecule has 4 nitrogen and oxygen atoms in total. The molecule has 1 aliphatic rings. The van der Waals surface area contributed by atoms with Gasteiger partial charge in [0.15, 0.2) is 4.32 Å². The highest BCUT2D eigenvalue weighted by molar-refractivity contribution is 8.27. The van der Waals surface area contributed by atoms with Crippen molar-refractivity contribution in [2.24, 2.45) is 0 Å². The summed E-state index contributed by atoms with van der Waals surface area (Å²) < 4.78 is 13.4. The quantitative estimate of drug-likeness (QED) is 0.612. The van der Waals surface area contributed by atoms with Gasteiger partial charge in [-0.2, -0.15) is 0 Å². The van der Waals surface area contributed by atoms with Crippen LogP contribution in [0, 0.1) is 5.82 Å². The van der Waals surface area contributed by atoms with Crippen molar-refractivity contribution in [3.63, 3.8) is 0 Å². The van der Waals surface area contributed by atoms with Gasteiger partial charge in [0.25, 0.3) is 5.91 Å². The Kier molecular flexibility index (Phi) is 4.69. The fraction of sp³-hybridized carbons (Fsp3) is 0.0556. The van der Waals surface area contributed by atoms with Crippen LogP contribution in [-0.2, 0) is 4.79 Å². The molecule has 2 aromatic rings. The summed E-state index contributed by atoms with van der Waals surface area (Å²) in [6.07, 6.45) is 0. The molecule has 0 aliphatic carbocycles. The van der Waals surface area contributed by atoms with Gasteiger partial charge in [-0.25, -0.2) is 4.39 Å². The summed E-state index contributed by atoms with van der Waals surface area (Å²) in [6.45, 7) is 1.78. The summed E-state index contributed by atoms with van der Waals surface area (Å²) >= 11 is 6.46. The number of rotatable bonds is 3. The van der Waals surface area contributed by atoms with Crippen molar-refractivity contribution in [3.8, 4) is 0 Å². The first-order valence-electron chi connectivity index (χ1n) is 7.23. The number of halogens is 1. The van der Waals surface area contributed by atoms with Crippen LogP contribution in [-0.4, -0.2) is 16.2 Å². The number of hydrogen-bond donors (Lipinski definition) is 0. The number of aromatic carboxylic acids is 1. The van der Waals surface area contributed by atoms with Crippen LogP contribution in [0.3, 0.4) is 0 Å². The molecule has 0 saturated carbocycles. The Morgan fingerprint density at radius 3 is 2.20 bits per heavy atom. The van der Waals surface area contributed by atoms with E-state index in [2.05, 4.69) is 0 Å². The normalized spacial score (nSPS) is 16.3. The maximum Gasteiger partial charge on any atom is 0.271 e. The predicted octanol–water partition coefficient (Wildman–Crippen LogP) is 2.99. The van der Waals surface area contributed by atoms with Gasteiger partial charge in [0.1, 0.15) is 5.82 Å². The molecule has 0 N–H and O–H groups in total. The van der Waals surface area contributed by atoms with Gasteiger partial charge >= 0.3 is 0 Å². The van der Waals surface area contributed by atoms with Crippen molar-refractivity contribution >= 4 is 51.4 Å². The second-order valence-corrected chi connectivity index (χ2v) is 6.95. The summed E-state index contributed by atoms with van der Waals surface area (Å²) in [5, 5.41) is 10.8. The first-order valence-corrected chi connectivity index (χ1v) is 8.45. The number of allylic oxidation sites excluding steroid dienone is 1. The molecular formula is C18H11FNO3S2-. The zero-order chi connectivity index (χ0) is 18.1. The second-order valence-electron chi connectivity index (χ2n) is 5.30. The number of benzene rings is 2. The first-order chi connectivity index (χ1) is 11.9. The van der Waals surface area contributed by atoms with Gasteiger partial charge in [-0.1, -0.05) is 48.2 Å². The lowest BCUT2D eigenvalue weighted by Crippen LogP contribution is -2.28. The Hall–Kier alpha value is -2.51. The molecule has 7 heteroatoms. The Bertz CT molecular complexity index is 905. The van der Waals surface area contributed by atoms with E-state index < -0.39 is 5.97 Å². The molecule has 0 radical (unpaired) electrons. The topological polar surface area (TPSA) is 60.4 Å². The summed E-state index contributed by atoms with van der Waals surface area (Å²) in [6, 6.07) is 11.6. The van der Waals surface area contributed by atoms with Gasteiger partial charge in [0, 0.05) is 0 Å². The van der Waals surface area contributed by atoms with E-state index in [1.54, 1.807) is 19.1 Å². The Labute approximate surface area is 153 Å². The number of carboxylic acid groups (broad SMARTS) is 1. The largest absolute Gasteiger partial charge is 0.545 e. The third-order valence-corrected chi connectivity index (χ3v) is 5.22. The van der Waals surface area contributed by atoms with Gasteiger partial charge in [-0.05, 0) is 47.9 Å². The fourth-order valence-electron chi connectivity index (χ4n) is 2.40. The number of thiocarbonyl (C=S) groups is 1. The maximum atomic E-state index is 13.1. The molecule has 1 heterocycles. The molecule has 1 saturated heterocycles. The standard InChI is InChI=1S/C18H12FNO3S2/c1-10(11-2-6-13(19)7-3-11)15-16(21)20(18(24)25-15)14-8-4-12(5-9-14)17(22)23/h2-9H,1H3,(H,22,23)/p-1/b15-10-. The molecule has 0 spiro atoms. The van der Waals surface area contributed by atoms with Crippen molar-refractivity contribution < 1.29 is 19.1 Å². The number of thioether (sulfide) groups is 1. The van der Waals surface area contributed by atoms with Crippen LogP contribution in [0.4, 0.5) is 10.1 Å². The van der Waals surface area contributed by atoms with Crippen molar-refractivity contribution in [1.82, 2.24) is 0 Å². The van der Waals surface area contributed by atoms with E-state index in [9.17, 15) is 19.1 Å². The van der Waals surface area contributed by atoms with Crippen LogP contribution >= 0.6 is 24.0 Å². The summed E-state index contributed by atoms with van der Waals surface area (Å²) in [4.78, 5) is 25.4. The predicted molar refractivity (Wildman–Crippen MR) is 97.4 cm³/mol. The number of anilines is 1. The fourth-order valence-corrected chi connectivity index (χ4v) is 3.74. The van der Waals surface area contributed by atoms with E-state index >= 15 is 0 Å². The Morgan fingerprint density at radius 1 is 1.08 bits per heavy atom. The minimum atomic E-state index is -1.29. The third kappa shape index (κ3) is 3.33. The van der Waals surface area contributed by atoms with Crippen molar-refractivity contribution in [1.29, 1.82) is 0 Å². The highest BCUT2D eigenvalue weighted by Crippen LogP contribution is 2.39. The molecule has 0 bridgehead atoms. The van der Waals surface area contributed by atoms with Crippen molar-refractivity contribution in [3.05, 3.63) is 70.4 Å². The monoisotopic (exact) mass is 372 g/mol. The van der Waals surface area contributed by atoms with E-state index in [1.165, 1.54) is 41.3 Å². The summed E-state index contributed by atoms with van der Waals surface area (Å²) in [5.41, 5.74) is 1.93. The first kappa shape index (κ1) is 17.3. The minimum Gasteiger partial charge on any atom is -0.545 e. The van der Waals surface area contributed by atoms with Crippen LogP contribution in [0.1, 0.15) is 22.8 Å². The zero-order valence-electron chi connectivity index (χ0n) is 13.0. The molecule has 2 aromatic carbocycles. The average Bonchev–Trinajstić information content (AvgIpc) is 2.89. The summed E-state index contributed by atoms with van der Waals surface area (Å²) in [7, 11) is 0. The second kappa shape index (κ2) is 6.78. The summed E-state index contributed by atoms with van der Waals surface area (Å²) in [5.74, 6) is -1.93. The lowest BCUT2D eigenvalue weighted by Gasteiger charge is -2.15. The lowest BCUT2D eigenvalue weighted by atomic mass is 10.1. The maximum absolute atomic E-state index is 13.1. The average molecular weight is 372 g/mol. The molecule has 25 heavy (non-hydrogen) atoms. The van der Waals surface area contributed by atoms with E-state index in [0.29, 0.717) is 20.5 Å². The van der Waals surface area contributed by atoms with Crippen LogP contribution < -0.4 is 10.0 Å². The van der Waals surface area contributed by atoms with Crippen LogP contribution in [0.25, 0.3) is 5.57 Å². The molecule has 0 atom stereocenters. The van der Waals surface area contributed by atoms with E-state index in [4.69, 9.17) is 12.2 Å². The highest BCUT2D eigenvalue weighted by Gasteiger charge is 2.34. The number of carboxylic acids is 1. The van der Waals surface area contributed by atoms with Crippen LogP contribution in [0.15, 0.2) is 53.4 Å². The number of amides is 1. The van der Waals surface area contributed by atoms with Gasteiger partial charge in [0.05, 0.1) is 16.6 Å². The van der Waals surface area contributed by atoms with Gasteiger partial charge < -0.3 is 9.90 Å². The number of hydrogen-bond acceptors (Lipinski definition) is 5. The smallest absolute Gasteiger partial charge is 0.271 e. The van der Waals surface area contributed by atoms with Crippen molar-refractivity contribution in [2.45, 2.75) is 6.92 Å². The van der Waals surface area contributed by atoms with Crippen LogP contribution in [0.5, 0.6) is 0 Å². The SMILES string of the molecule is C/C(=C1/SC(=S)N(c2ccc(C(=O)[O-])cc2)C1=O)c1ccc(F)cc1. The molecule has 1 aliphatic heterocycles. The Morgan fingerprint density at radius 2 is 1.64 bits per heavy atom. The van der Waals surface area contributed by atoms with E-state index in [-0.39, 0.29) is 17.3 Å². The van der Waals surface area contributed by atoms with Crippen LogP contribution in [0.2, 0.25) is 0 Å². The van der Waals surface area contributed by atoms with Gasteiger partial charge in [-0.3, -0.25) is 9.69 Å². The molecule has 126 valence electrons. The Balaban J connectivity index is 1.95. The van der Waals surface area contributed by atoms with Crippen molar-refractivity contribution in [2.75, 3.05) is 4.90 Å². The van der Waals surface area contributed by atoms with Gasteiger partial charge in [0.2, 0.25) is 0 Å². The highest BCUT2D eigenvalue weighted by atomic mass is 32.2. The number of carbonyl (C=O) groups is 2. The molecule has 0 aromatic heterocycles. The molecule has 1 amide bonds. The molecular weight excluding hydrogens is 361 g/mol.